The maximum atomic E-state index is 11.7. The van der Waals surface area contributed by atoms with Crippen molar-refractivity contribution in [3.05, 3.63) is 12.2 Å². The number of amides is 1. The number of carbonyl (C=O) groups is 3. The number of carboxylic acids is 1. The average Bonchev–Trinajstić information content (AvgIpc) is 2.21. The highest BCUT2D eigenvalue weighted by atomic mass is 16.5. The van der Waals surface area contributed by atoms with E-state index in [4.69, 9.17) is 9.84 Å². The zero-order chi connectivity index (χ0) is 14.3. The molecular weight excluding hydrogens is 238 g/mol. The fraction of sp³-hybridized carbons (Fsp3) is 0.583. The van der Waals surface area contributed by atoms with Gasteiger partial charge in [-0.3, -0.25) is 4.79 Å². The maximum absolute atomic E-state index is 11.7. The van der Waals surface area contributed by atoms with Gasteiger partial charge in [-0.05, 0) is 19.8 Å². The fourth-order valence-electron chi connectivity index (χ4n) is 1.15. The molecule has 1 unspecified atom stereocenters. The molecule has 0 saturated carbocycles. The zero-order valence-corrected chi connectivity index (χ0v) is 11.0. The fourth-order valence-corrected chi connectivity index (χ4v) is 1.15. The van der Waals surface area contributed by atoms with Crippen molar-refractivity contribution >= 4 is 17.8 Å². The van der Waals surface area contributed by atoms with E-state index in [0.717, 1.165) is 6.08 Å². The number of nitrogens with one attached hydrogen (secondary N) is 1. The SMILES string of the molecule is CC(C)OC(=O)C(NC(=O)/C=C/C(=O)O)C(C)C. The van der Waals surface area contributed by atoms with E-state index in [1.807, 2.05) is 0 Å². The molecule has 0 aliphatic heterocycles. The number of hydrogen-bond donors (Lipinski definition) is 2. The smallest absolute Gasteiger partial charge is 0.329 e. The Morgan fingerprint density at radius 1 is 1.11 bits per heavy atom. The van der Waals surface area contributed by atoms with Crippen LogP contribution >= 0.6 is 0 Å². The van der Waals surface area contributed by atoms with Gasteiger partial charge in [-0.2, -0.15) is 0 Å². The van der Waals surface area contributed by atoms with Gasteiger partial charge in [0.1, 0.15) is 6.04 Å². The van der Waals surface area contributed by atoms with E-state index in [0.29, 0.717) is 6.08 Å². The van der Waals surface area contributed by atoms with Crippen LogP contribution in [0, 0.1) is 5.92 Å². The second-order valence-corrected chi connectivity index (χ2v) is 4.39. The van der Waals surface area contributed by atoms with E-state index in [2.05, 4.69) is 5.32 Å². The number of rotatable bonds is 6. The maximum Gasteiger partial charge on any atom is 0.329 e. The summed E-state index contributed by atoms with van der Waals surface area (Å²) in [6.45, 7) is 6.93. The van der Waals surface area contributed by atoms with Crippen LogP contribution in [0.3, 0.4) is 0 Å². The molecule has 0 fully saturated rings. The first kappa shape index (κ1) is 16.1. The molecule has 0 aliphatic carbocycles. The van der Waals surface area contributed by atoms with Crippen LogP contribution in [0.5, 0.6) is 0 Å². The summed E-state index contributed by atoms with van der Waals surface area (Å²) in [5, 5.41) is 10.8. The van der Waals surface area contributed by atoms with Crippen LogP contribution in [0.25, 0.3) is 0 Å². The Labute approximate surface area is 106 Å². The molecular formula is C12H19NO5. The van der Waals surface area contributed by atoms with Crippen LogP contribution in [0.15, 0.2) is 12.2 Å². The summed E-state index contributed by atoms with van der Waals surface area (Å²) >= 11 is 0. The molecule has 6 heteroatoms. The van der Waals surface area contributed by atoms with E-state index in [1.54, 1.807) is 27.7 Å². The van der Waals surface area contributed by atoms with E-state index >= 15 is 0 Å². The highest BCUT2D eigenvalue weighted by Gasteiger charge is 2.25. The highest BCUT2D eigenvalue weighted by Crippen LogP contribution is 2.05. The van der Waals surface area contributed by atoms with Gasteiger partial charge in [-0.15, -0.1) is 0 Å². The van der Waals surface area contributed by atoms with Crippen LogP contribution in [0.4, 0.5) is 0 Å². The van der Waals surface area contributed by atoms with Crippen molar-refractivity contribution in [2.45, 2.75) is 39.8 Å². The Hall–Kier alpha value is -1.85. The predicted octanol–water partition coefficient (Wildman–Crippen LogP) is 0.720. The average molecular weight is 257 g/mol. The van der Waals surface area contributed by atoms with Crippen molar-refractivity contribution < 1.29 is 24.2 Å². The Balaban J connectivity index is 4.59. The first-order valence-electron chi connectivity index (χ1n) is 5.66. The Morgan fingerprint density at radius 3 is 2.06 bits per heavy atom. The third-order valence-electron chi connectivity index (χ3n) is 1.95. The van der Waals surface area contributed by atoms with Crippen LogP contribution in [-0.4, -0.2) is 35.1 Å². The van der Waals surface area contributed by atoms with Gasteiger partial charge in [0.05, 0.1) is 6.10 Å². The quantitative estimate of drug-likeness (QED) is 0.540. The molecule has 0 saturated heterocycles. The van der Waals surface area contributed by atoms with Crippen molar-refractivity contribution in [3.63, 3.8) is 0 Å². The van der Waals surface area contributed by atoms with Gasteiger partial charge in [0.15, 0.2) is 0 Å². The Morgan fingerprint density at radius 2 is 1.67 bits per heavy atom. The Kier molecular flexibility index (Phi) is 6.70. The lowest BCUT2D eigenvalue weighted by Crippen LogP contribution is -2.45. The Bertz CT molecular complexity index is 346. The van der Waals surface area contributed by atoms with Crippen molar-refractivity contribution in [3.8, 4) is 0 Å². The van der Waals surface area contributed by atoms with Crippen LogP contribution < -0.4 is 5.32 Å². The summed E-state index contributed by atoms with van der Waals surface area (Å²) in [6, 6.07) is -0.793. The molecule has 0 aliphatic rings. The zero-order valence-electron chi connectivity index (χ0n) is 11.0. The van der Waals surface area contributed by atoms with Gasteiger partial charge in [-0.25, -0.2) is 9.59 Å². The van der Waals surface area contributed by atoms with Gasteiger partial charge in [-0.1, -0.05) is 13.8 Å². The first-order chi connectivity index (χ1) is 8.23. The molecule has 1 atom stereocenters. The number of hydrogen-bond acceptors (Lipinski definition) is 4. The van der Waals surface area contributed by atoms with Crippen molar-refractivity contribution in [2.24, 2.45) is 5.92 Å². The summed E-state index contributed by atoms with van der Waals surface area (Å²) in [7, 11) is 0. The molecule has 18 heavy (non-hydrogen) atoms. The van der Waals surface area contributed by atoms with Crippen LogP contribution in [0.2, 0.25) is 0 Å². The van der Waals surface area contributed by atoms with E-state index in [-0.39, 0.29) is 12.0 Å². The number of aliphatic carboxylic acids is 1. The second kappa shape index (κ2) is 7.47. The monoisotopic (exact) mass is 257 g/mol. The molecule has 2 N–H and O–H groups in total. The number of ether oxygens (including phenoxy) is 1. The first-order valence-corrected chi connectivity index (χ1v) is 5.66. The minimum absolute atomic E-state index is 0.154. The van der Waals surface area contributed by atoms with E-state index < -0.39 is 23.9 Å². The standard InChI is InChI=1S/C12H19NO5/c1-7(2)11(12(17)18-8(3)4)13-9(14)5-6-10(15)16/h5-8,11H,1-4H3,(H,13,14)(H,15,16)/b6-5+. The number of carboxylic acid groups (broad SMARTS) is 1. The molecule has 0 aromatic heterocycles. The molecule has 0 heterocycles. The van der Waals surface area contributed by atoms with Gasteiger partial charge < -0.3 is 15.2 Å². The second-order valence-electron chi connectivity index (χ2n) is 4.39. The minimum atomic E-state index is -1.23. The minimum Gasteiger partial charge on any atom is -0.478 e. The molecule has 1 amide bonds. The summed E-state index contributed by atoms with van der Waals surface area (Å²) in [5.41, 5.74) is 0. The largest absolute Gasteiger partial charge is 0.478 e. The van der Waals surface area contributed by atoms with Crippen molar-refractivity contribution in [1.82, 2.24) is 5.32 Å². The van der Waals surface area contributed by atoms with Gasteiger partial charge in [0.2, 0.25) is 5.91 Å². The third kappa shape index (κ3) is 6.67. The van der Waals surface area contributed by atoms with Crippen LogP contribution in [0.1, 0.15) is 27.7 Å². The summed E-state index contributed by atoms with van der Waals surface area (Å²) < 4.78 is 5.01. The molecule has 0 rings (SSSR count). The van der Waals surface area contributed by atoms with Gasteiger partial charge in [0.25, 0.3) is 0 Å². The van der Waals surface area contributed by atoms with E-state index in [1.165, 1.54) is 0 Å². The van der Waals surface area contributed by atoms with E-state index in [9.17, 15) is 14.4 Å². The lowest BCUT2D eigenvalue weighted by atomic mass is 10.0. The third-order valence-corrected chi connectivity index (χ3v) is 1.95. The summed E-state index contributed by atoms with van der Waals surface area (Å²) in [5.74, 6) is -2.55. The molecule has 0 radical (unpaired) electrons. The molecule has 0 spiro atoms. The molecule has 6 nitrogen and oxygen atoms in total. The highest BCUT2D eigenvalue weighted by molar-refractivity contribution is 5.96. The summed E-state index contributed by atoms with van der Waals surface area (Å²) in [6.07, 6.45) is 1.30. The molecule has 0 aromatic carbocycles. The van der Waals surface area contributed by atoms with Gasteiger partial charge >= 0.3 is 11.9 Å². The molecule has 102 valence electrons. The predicted molar refractivity (Wildman–Crippen MR) is 64.8 cm³/mol. The lowest BCUT2D eigenvalue weighted by Gasteiger charge is -2.21. The summed E-state index contributed by atoms with van der Waals surface area (Å²) in [4.78, 5) is 33.3. The van der Waals surface area contributed by atoms with Crippen LogP contribution in [-0.2, 0) is 19.1 Å². The molecule has 0 bridgehead atoms. The number of carbonyl (C=O) groups excluding carboxylic acids is 2. The topological polar surface area (TPSA) is 92.7 Å². The van der Waals surface area contributed by atoms with Gasteiger partial charge in [0, 0.05) is 12.2 Å². The lowest BCUT2D eigenvalue weighted by molar-refractivity contribution is -0.152. The molecule has 0 aromatic rings. The van der Waals surface area contributed by atoms with Crippen molar-refractivity contribution in [1.29, 1.82) is 0 Å². The van der Waals surface area contributed by atoms with Crippen molar-refractivity contribution in [2.75, 3.05) is 0 Å². The number of esters is 1. The normalized spacial score (nSPS) is 12.8.